The van der Waals surface area contributed by atoms with E-state index in [4.69, 9.17) is 24.2 Å². The van der Waals surface area contributed by atoms with Crippen LogP contribution in [-0.2, 0) is 18.9 Å². The number of likely N-dealkylation sites (tertiary alicyclic amines) is 1. The maximum atomic E-state index is 14.7. The molecule has 2 aliphatic heterocycles. The number of benzene rings is 1. The molecular weight excluding hydrogens is 756 g/mol. The number of methoxy groups -OCH3 is 1. The minimum atomic E-state index is -4.07. The summed E-state index contributed by atoms with van der Waals surface area (Å²) in [5.41, 5.74) is 0.551. The Kier molecular flexibility index (Phi) is 12.2. The van der Waals surface area contributed by atoms with Crippen molar-refractivity contribution < 1.29 is 38.1 Å². The molecule has 2 saturated carbocycles. The summed E-state index contributed by atoms with van der Waals surface area (Å²) in [4.78, 5) is 64.4. The number of fused-ring (bicyclic) bond motifs is 1. The molecule has 6 rings (SSSR count). The molecule has 4 aliphatic rings. The third-order valence-electron chi connectivity index (χ3n) is 10.9. The quantitative estimate of drug-likeness (QED) is 0.133. The van der Waals surface area contributed by atoms with E-state index < -0.39 is 60.1 Å². The zero-order chi connectivity index (χ0) is 40.6. The molecular formula is C40H55N6O8PS. The smallest absolute Gasteiger partial charge is 0.408 e. The molecule has 2 unspecified atom stereocenters. The van der Waals surface area contributed by atoms with Gasteiger partial charge in [-0.1, -0.05) is 45.2 Å². The second-order valence-electron chi connectivity index (χ2n) is 16.5. The maximum Gasteiger partial charge on any atom is 0.408 e. The maximum absolute atomic E-state index is 14.7. The van der Waals surface area contributed by atoms with Crippen LogP contribution in [0.1, 0.15) is 84.9 Å². The molecule has 16 heteroatoms. The molecule has 56 heavy (non-hydrogen) atoms. The first kappa shape index (κ1) is 41.6. The van der Waals surface area contributed by atoms with Crippen molar-refractivity contribution in [2.45, 2.75) is 115 Å². The summed E-state index contributed by atoms with van der Waals surface area (Å²) in [5, 5.41) is 9.08. The average Bonchev–Trinajstić information content (AvgIpc) is 3.55. The van der Waals surface area contributed by atoms with E-state index in [-0.39, 0.29) is 37.6 Å². The monoisotopic (exact) mass is 810 g/mol. The molecule has 2 aromatic rings. The molecule has 4 N–H and O–H groups in total. The second-order valence-corrected chi connectivity index (χ2v) is 19.9. The Hall–Kier alpha value is -4.07. The number of pyridine rings is 1. The minimum Gasteiger partial charge on any atom is -0.497 e. The highest BCUT2D eigenvalue weighted by atomic mass is 32.2. The number of carbonyl (C=O) groups excluding carboxylic acids is 3. The van der Waals surface area contributed by atoms with Crippen LogP contribution in [-0.4, -0.2) is 92.9 Å². The lowest BCUT2D eigenvalue weighted by Crippen LogP contribution is -2.58. The van der Waals surface area contributed by atoms with E-state index in [1.165, 1.54) is 4.90 Å². The largest absolute Gasteiger partial charge is 0.497 e. The number of alkyl carbamates (subject to hydrolysis) is 1. The summed E-state index contributed by atoms with van der Waals surface area (Å²) in [6, 6.07) is 5.17. The van der Waals surface area contributed by atoms with Gasteiger partial charge in [-0.2, -0.15) is 0 Å². The van der Waals surface area contributed by atoms with Gasteiger partial charge in [0.15, 0.2) is 5.17 Å². The van der Waals surface area contributed by atoms with Crippen LogP contribution in [0, 0.1) is 11.3 Å². The normalized spacial score (nSPS) is 26.6. The van der Waals surface area contributed by atoms with Crippen LogP contribution in [0.2, 0.25) is 0 Å². The molecule has 0 bridgehead atoms. The zero-order valence-corrected chi connectivity index (χ0v) is 34.8. The first-order chi connectivity index (χ1) is 26.5. The number of nitrogens with zero attached hydrogens (tertiary/aromatic N) is 3. The fourth-order valence-electron chi connectivity index (χ4n) is 7.73. The van der Waals surface area contributed by atoms with Crippen LogP contribution in [0.25, 0.3) is 10.9 Å². The van der Waals surface area contributed by atoms with Gasteiger partial charge in [0.25, 0.3) is 0 Å². The molecule has 304 valence electrons. The van der Waals surface area contributed by atoms with Gasteiger partial charge in [-0.05, 0) is 69.3 Å². The van der Waals surface area contributed by atoms with Gasteiger partial charge in [-0.15, -0.1) is 6.58 Å². The van der Waals surface area contributed by atoms with Gasteiger partial charge in [-0.25, -0.2) is 4.79 Å². The van der Waals surface area contributed by atoms with Crippen molar-refractivity contribution in [3.8, 4) is 11.5 Å². The molecule has 7 atom stereocenters. The van der Waals surface area contributed by atoms with Crippen molar-refractivity contribution in [2.75, 3.05) is 19.4 Å². The molecule has 14 nitrogen and oxygen atoms in total. The molecule has 0 radical (unpaired) electrons. The summed E-state index contributed by atoms with van der Waals surface area (Å²) in [7, 11) is -2.48. The number of ether oxygens (including phenoxy) is 3. The Bertz CT molecular complexity index is 1950. The van der Waals surface area contributed by atoms with Crippen molar-refractivity contribution in [3.05, 3.63) is 55.0 Å². The van der Waals surface area contributed by atoms with Crippen LogP contribution in [0.3, 0.4) is 0 Å². The number of nitrogens with one attached hydrogen (secondary N) is 3. The number of rotatable bonds is 13. The first-order valence-electron chi connectivity index (χ1n) is 19.3. The summed E-state index contributed by atoms with van der Waals surface area (Å²) in [5.74, 6) is 1.21. The van der Waals surface area contributed by atoms with E-state index in [9.17, 15) is 23.8 Å². The van der Waals surface area contributed by atoms with E-state index in [2.05, 4.69) is 43.0 Å². The Morgan fingerprint density at radius 3 is 2.50 bits per heavy atom. The lowest BCUT2D eigenvalue weighted by molar-refractivity contribution is -0.142. The lowest BCUT2D eigenvalue weighted by Gasteiger charge is -2.35. The van der Waals surface area contributed by atoms with Gasteiger partial charge in [0.1, 0.15) is 47.1 Å². The molecule has 1 aromatic carbocycles. The SMILES string of the molecule is C=C[C@@H]1C[C@]1(NC(=O)[C@@H]1C[C@@H](Oc2cc(C3CSC(NC(C)C)=N3)nc3cc(OC)ccc23)CN1C(=O)[C@@H](NC(=O)OC1CCCC1)C(C)(C)C)P(=O)(O)C=C. The first-order valence-corrected chi connectivity index (χ1v) is 22.0. The topological polar surface area (TPSA) is 181 Å². The number of amides is 3. The van der Waals surface area contributed by atoms with Gasteiger partial charge >= 0.3 is 6.09 Å². The molecule has 3 heterocycles. The van der Waals surface area contributed by atoms with Crippen molar-refractivity contribution in [3.63, 3.8) is 0 Å². The Labute approximate surface area is 333 Å². The number of carbonyl (C=O) groups is 3. The summed E-state index contributed by atoms with van der Waals surface area (Å²) < 4.78 is 31.3. The van der Waals surface area contributed by atoms with E-state index in [1.54, 1.807) is 24.9 Å². The van der Waals surface area contributed by atoms with Crippen LogP contribution in [0.5, 0.6) is 11.5 Å². The molecule has 1 saturated heterocycles. The standard InChI is InChI=1S/C40H55N6O8PS/c1-9-24-20-40(24,55(50,51)10-2)45-35(47)32-18-27(21-46(32)36(48)34(39(5,6)7)44-38(49)54-25-13-11-12-14-25)53-33-19-30(31-22-56-37(43-31)41-23(3)4)42-29-17-26(52-8)15-16-28(29)33/h9-10,15-17,19,23-25,27,31-32,34H,1-2,11-14,18,20-22H2,3-8H3,(H,41,43)(H,44,49)(H,45,47)(H,50,51)/t24-,27-,31?,32+,34-,40+/m1/s1. The average molecular weight is 811 g/mol. The Morgan fingerprint density at radius 2 is 1.88 bits per heavy atom. The van der Waals surface area contributed by atoms with Crippen LogP contribution >= 0.6 is 19.1 Å². The molecule has 1 aromatic heterocycles. The number of aliphatic imine (C=N–C) groups is 1. The third kappa shape index (κ3) is 8.74. The highest BCUT2D eigenvalue weighted by Crippen LogP contribution is 2.70. The predicted octanol–water partition coefficient (Wildman–Crippen LogP) is 6.25. The lowest BCUT2D eigenvalue weighted by atomic mass is 9.85. The summed E-state index contributed by atoms with van der Waals surface area (Å²) in [6.45, 7) is 16.9. The minimum absolute atomic E-state index is 0.00578. The number of hydrogen-bond acceptors (Lipinski definition) is 11. The van der Waals surface area contributed by atoms with E-state index in [1.807, 2.05) is 45.0 Å². The summed E-state index contributed by atoms with van der Waals surface area (Å²) >= 11 is 1.62. The Balaban J connectivity index is 1.33. The molecule has 0 spiro atoms. The number of hydrogen-bond donors (Lipinski definition) is 4. The van der Waals surface area contributed by atoms with Crippen LogP contribution in [0.15, 0.2) is 54.3 Å². The van der Waals surface area contributed by atoms with Crippen molar-refractivity contribution >= 4 is 53.1 Å². The Morgan fingerprint density at radius 1 is 1.14 bits per heavy atom. The van der Waals surface area contributed by atoms with Gasteiger partial charge in [-0.3, -0.25) is 24.1 Å². The second kappa shape index (κ2) is 16.4. The van der Waals surface area contributed by atoms with E-state index >= 15 is 0 Å². The highest BCUT2D eigenvalue weighted by Gasteiger charge is 2.65. The van der Waals surface area contributed by atoms with Crippen LogP contribution < -0.4 is 25.4 Å². The fourth-order valence-corrected chi connectivity index (χ4v) is 10.4. The van der Waals surface area contributed by atoms with Crippen molar-refractivity contribution in [1.29, 1.82) is 0 Å². The van der Waals surface area contributed by atoms with Gasteiger partial charge in [0.05, 0.1) is 24.9 Å². The highest BCUT2D eigenvalue weighted by molar-refractivity contribution is 8.14. The van der Waals surface area contributed by atoms with E-state index in [0.717, 1.165) is 36.7 Å². The number of aromatic nitrogens is 1. The zero-order valence-electron chi connectivity index (χ0n) is 33.1. The summed E-state index contributed by atoms with van der Waals surface area (Å²) in [6.07, 6.45) is 3.68. The molecule has 3 fully saturated rings. The molecule has 3 amide bonds. The number of amidine groups is 1. The van der Waals surface area contributed by atoms with Gasteiger partial charge in [0, 0.05) is 41.7 Å². The predicted molar refractivity (Wildman–Crippen MR) is 218 cm³/mol. The van der Waals surface area contributed by atoms with Gasteiger partial charge in [0.2, 0.25) is 19.2 Å². The third-order valence-corrected chi connectivity index (χ3v) is 14.2. The van der Waals surface area contributed by atoms with Crippen molar-refractivity contribution in [1.82, 2.24) is 25.8 Å². The van der Waals surface area contributed by atoms with E-state index in [0.29, 0.717) is 33.8 Å². The van der Waals surface area contributed by atoms with Crippen LogP contribution in [0.4, 0.5) is 4.79 Å². The van der Waals surface area contributed by atoms with Gasteiger partial charge < -0.3 is 40.0 Å². The molecule has 2 aliphatic carbocycles. The van der Waals surface area contributed by atoms with Crippen molar-refractivity contribution in [2.24, 2.45) is 16.3 Å². The number of thioether (sulfide) groups is 1. The fraction of sp³-hybridized carbons (Fsp3) is 0.575.